The smallest absolute Gasteiger partial charge is 0.433 e. The van der Waals surface area contributed by atoms with Crippen LogP contribution in [0.5, 0.6) is 0 Å². The normalized spacial score (nSPS) is 19.7. The number of alkyl halides is 3. The van der Waals surface area contributed by atoms with Gasteiger partial charge in [0.05, 0.1) is 11.9 Å². The molecule has 2 heterocycles. The van der Waals surface area contributed by atoms with Gasteiger partial charge in [-0.25, -0.2) is 4.98 Å². The van der Waals surface area contributed by atoms with E-state index in [-0.39, 0.29) is 11.4 Å². The van der Waals surface area contributed by atoms with Gasteiger partial charge in [-0.05, 0) is 17.5 Å². The fraction of sp³-hybridized carbons (Fsp3) is 0.429. The van der Waals surface area contributed by atoms with Crippen molar-refractivity contribution in [2.45, 2.75) is 33.0 Å². The van der Waals surface area contributed by atoms with E-state index in [1.165, 1.54) is 11.1 Å². The summed E-state index contributed by atoms with van der Waals surface area (Å²) in [6.07, 6.45) is -2.46. The molecule has 22 heavy (non-hydrogen) atoms. The average Bonchev–Trinajstić information content (AvgIpc) is 2.35. The lowest BCUT2D eigenvalue weighted by molar-refractivity contribution is -0.141. The number of aliphatic hydroxyl groups is 1. The molecule has 1 aliphatic heterocycles. The maximum atomic E-state index is 12.6. The van der Waals surface area contributed by atoms with Gasteiger partial charge < -0.3 is 5.11 Å². The number of nitrogens with one attached hydrogen (secondary N) is 1. The summed E-state index contributed by atoms with van der Waals surface area (Å²) in [7, 11) is 0. The van der Waals surface area contributed by atoms with Crippen LogP contribution >= 0.6 is 0 Å². The van der Waals surface area contributed by atoms with Crippen LogP contribution in [0.4, 0.5) is 18.9 Å². The molecule has 0 aliphatic carbocycles. The molecule has 1 aromatic heterocycles. The molecular formula is C14H16F3N3O2. The predicted molar refractivity (Wildman–Crippen MR) is 73.8 cm³/mol. The molecule has 0 saturated heterocycles. The van der Waals surface area contributed by atoms with Crippen molar-refractivity contribution in [1.82, 2.24) is 10.4 Å². The number of carbonyl (C=O) groups excluding carboxylic acids is 1. The lowest BCUT2D eigenvalue weighted by Gasteiger charge is -2.42. The van der Waals surface area contributed by atoms with Crippen LogP contribution in [0.3, 0.4) is 0 Å². The summed E-state index contributed by atoms with van der Waals surface area (Å²) < 4.78 is 37.7. The number of aliphatic hydroxyl groups excluding tert-OH is 1. The molecule has 2 N–H and O–H groups in total. The van der Waals surface area contributed by atoms with E-state index in [1.807, 2.05) is 20.8 Å². The van der Waals surface area contributed by atoms with Crippen molar-refractivity contribution >= 4 is 11.6 Å². The molecule has 0 bridgehead atoms. The summed E-state index contributed by atoms with van der Waals surface area (Å²) in [5.41, 5.74) is 1.27. The number of hydrogen-bond acceptors (Lipinski definition) is 4. The first-order chi connectivity index (χ1) is 10.00. The third-order valence-corrected chi connectivity index (χ3v) is 3.18. The van der Waals surface area contributed by atoms with Crippen LogP contribution in [-0.4, -0.2) is 22.0 Å². The van der Waals surface area contributed by atoms with Crippen molar-refractivity contribution in [3.8, 4) is 0 Å². The van der Waals surface area contributed by atoms with Crippen molar-refractivity contribution in [1.29, 1.82) is 0 Å². The van der Waals surface area contributed by atoms with Gasteiger partial charge in [-0.1, -0.05) is 20.8 Å². The lowest BCUT2D eigenvalue weighted by Crippen LogP contribution is -2.57. The molecule has 8 heteroatoms. The number of nitrogens with zero attached hydrogens (tertiary/aromatic N) is 2. The highest BCUT2D eigenvalue weighted by Crippen LogP contribution is 2.34. The average molecular weight is 315 g/mol. The fourth-order valence-electron chi connectivity index (χ4n) is 2.30. The Labute approximate surface area is 125 Å². The highest BCUT2D eigenvalue weighted by atomic mass is 19.4. The summed E-state index contributed by atoms with van der Waals surface area (Å²) in [5.74, 6) is -0.714. The molecule has 1 aromatic rings. The quantitative estimate of drug-likeness (QED) is 0.836. The Balaban J connectivity index is 2.41. The highest BCUT2D eigenvalue weighted by molar-refractivity contribution is 5.91. The number of rotatable bonds is 1. The number of hydrogen-bond donors (Lipinski definition) is 2. The van der Waals surface area contributed by atoms with Gasteiger partial charge in [0.1, 0.15) is 17.5 Å². The summed E-state index contributed by atoms with van der Waals surface area (Å²) in [6, 6.07) is 1.41. The van der Waals surface area contributed by atoms with E-state index in [0.29, 0.717) is 0 Å². The standard InChI is InChI=1S/C14H16F3N3O2/c1-13(2,3)12-9(21)6-11(22)19-20(12)8-4-5-10(18-7-8)14(15,16)17/h4-7,12,21H,1-3H3,(H,19,22). The second kappa shape index (κ2) is 5.19. The number of aromatic nitrogens is 1. The van der Waals surface area contributed by atoms with Gasteiger partial charge in [0.25, 0.3) is 5.91 Å². The molecule has 0 saturated carbocycles. The summed E-state index contributed by atoms with van der Waals surface area (Å²) >= 11 is 0. The molecule has 1 aliphatic rings. The minimum atomic E-state index is -4.53. The zero-order chi connectivity index (χ0) is 16.7. The molecule has 120 valence electrons. The van der Waals surface area contributed by atoms with Gasteiger partial charge in [0, 0.05) is 6.08 Å². The van der Waals surface area contributed by atoms with Crippen LogP contribution in [0.2, 0.25) is 0 Å². The Kier molecular flexibility index (Phi) is 3.80. The molecule has 0 radical (unpaired) electrons. The van der Waals surface area contributed by atoms with Gasteiger partial charge in [-0.3, -0.25) is 15.2 Å². The van der Waals surface area contributed by atoms with Crippen LogP contribution in [0.1, 0.15) is 26.5 Å². The zero-order valence-corrected chi connectivity index (χ0v) is 12.3. The zero-order valence-electron chi connectivity index (χ0n) is 12.3. The highest BCUT2D eigenvalue weighted by Gasteiger charge is 2.39. The SMILES string of the molecule is CC(C)(C)C1C(O)=CC(=O)NN1c1ccc(C(F)(F)F)nc1. The first-order valence-corrected chi connectivity index (χ1v) is 6.54. The second-order valence-corrected chi connectivity index (χ2v) is 6.08. The molecule has 1 unspecified atom stereocenters. The maximum Gasteiger partial charge on any atom is 0.433 e. The van der Waals surface area contributed by atoms with E-state index in [4.69, 9.17) is 0 Å². The molecule has 5 nitrogen and oxygen atoms in total. The molecule has 0 spiro atoms. The minimum absolute atomic E-state index is 0.156. The van der Waals surface area contributed by atoms with Crippen LogP contribution in [0, 0.1) is 5.41 Å². The van der Waals surface area contributed by atoms with Crippen LogP contribution in [0.25, 0.3) is 0 Å². The Bertz CT molecular complexity index is 603. The summed E-state index contributed by atoms with van der Waals surface area (Å²) in [6.45, 7) is 5.51. The summed E-state index contributed by atoms with van der Waals surface area (Å²) in [4.78, 5) is 14.9. The van der Waals surface area contributed by atoms with Crippen molar-refractivity contribution in [3.05, 3.63) is 35.9 Å². The molecular weight excluding hydrogens is 299 g/mol. The van der Waals surface area contributed by atoms with Gasteiger partial charge in [-0.15, -0.1) is 0 Å². The van der Waals surface area contributed by atoms with Gasteiger partial charge in [0.2, 0.25) is 0 Å². The van der Waals surface area contributed by atoms with Crippen LogP contribution < -0.4 is 10.4 Å². The van der Waals surface area contributed by atoms with Crippen molar-refractivity contribution < 1.29 is 23.1 Å². The molecule has 2 rings (SSSR count). The predicted octanol–water partition coefficient (Wildman–Crippen LogP) is 2.81. The Morgan fingerprint density at radius 3 is 2.36 bits per heavy atom. The molecule has 0 aromatic carbocycles. The molecule has 1 amide bonds. The van der Waals surface area contributed by atoms with E-state index >= 15 is 0 Å². The number of amides is 1. The van der Waals surface area contributed by atoms with E-state index < -0.39 is 29.2 Å². The Morgan fingerprint density at radius 2 is 1.91 bits per heavy atom. The summed E-state index contributed by atoms with van der Waals surface area (Å²) in [5, 5.41) is 11.4. The fourth-order valence-corrected chi connectivity index (χ4v) is 2.30. The van der Waals surface area contributed by atoms with Gasteiger partial charge in [0.15, 0.2) is 0 Å². The number of anilines is 1. The molecule has 0 fully saturated rings. The van der Waals surface area contributed by atoms with Crippen LogP contribution in [0.15, 0.2) is 30.2 Å². The lowest BCUT2D eigenvalue weighted by atomic mass is 9.84. The van der Waals surface area contributed by atoms with Crippen molar-refractivity contribution in [3.63, 3.8) is 0 Å². The number of halogens is 3. The van der Waals surface area contributed by atoms with Gasteiger partial charge in [-0.2, -0.15) is 13.2 Å². The van der Waals surface area contributed by atoms with E-state index in [1.54, 1.807) is 0 Å². The number of hydrazine groups is 1. The van der Waals surface area contributed by atoms with E-state index in [9.17, 15) is 23.1 Å². The third-order valence-electron chi connectivity index (χ3n) is 3.18. The number of pyridine rings is 1. The van der Waals surface area contributed by atoms with E-state index in [2.05, 4.69) is 10.4 Å². The monoisotopic (exact) mass is 315 g/mol. The Morgan fingerprint density at radius 1 is 1.27 bits per heavy atom. The van der Waals surface area contributed by atoms with Crippen molar-refractivity contribution in [2.24, 2.45) is 5.41 Å². The molecule has 1 atom stereocenters. The Hall–Kier alpha value is -2.25. The number of carbonyl (C=O) groups is 1. The van der Waals surface area contributed by atoms with Crippen molar-refractivity contribution in [2.75, 3.05) is 5.01 Å². The minimum Gasteiger partial charge on any atom is -0.510 e. The largest absolute Gasteiger partial charge is 0.510 e. The topological polar surface area (TPSA) is 65.5 Å². The second-order valence-electron chi connectivity index (χ2n) is 6.08. The first kappa shape index (κ1) is 16.1. The maximum absolute atomic E-state index is 12.6. The van der Waals surface area contributed by atoms with Gasteiger partial charge >= 0.3 is 6.18 Å². The van der Waals surface area contributed by atoms with E-state index in [0.717, 1.165) is 18.3 Å². The third kappa shape index (κ3) is 3.15. The first-order valence-electron chi connectivity index (χ1n) is 6.54. The van der Waals surface area contributed by atoms with Crippen LogP contribution in [-0.2, 0) is 11.0 Å².